The normalized spacial score (nSPS) is 14.9. The molecule has 152 valence electrons. The summed E-state index contributed by atoms with van der Waals surface area (Å²) in [7, 11) is 0. The quantitative estimate of drug-likeness (QED) is 0.521. The number of halogens is 3. The van der Waals surface area contributed by atoms with E-state index in [9.17, 15) is 4.39 Å². The van der Waals surface area contributed by atoms with Crippen molar-refractivity contribution in [1.82, 2.24) is 5.32 Å². The van der Waals surface area contributed by atoms with Gasteiger partial charge in [0.1, 0.15) is 12.4 Å². The minimum absolute atomic E-state index is 0.204. The second kappa shape index (κ2) is 10.3. The Labute approximate surface area is 176 Å². The van der Waals surface area contributed by atoms with E-state index in [1.165, 1.54) is 44.2 Å². The molecule has 0 unspecified atom stereocenters. The highest BCUT2D eigenvalue weighted by atomic mass is 35.5. The molecule has 0 spiro atoms. The molecule has 1 aliphatic carbocycles. The molecule has 0 aliphatic heterocycles. The fourth-order valence-electron chi connectivity index (χ4n) is 3.45. The van der Waals surface area contributed by atoms with Crippen LogP contribution in [0.2, 0.25) is 10.0 Å². The first kappa shape index (κ1) is 21.2. The highest BCUT2D eigenvalue weighted by molar-refractivity contribution is 6.31. The number of benzene rings is 2. The van der Waals surface area contributed by atoms with Gasteiger partial charge in [-0.3, -0.25) is 0 Å². The van der Waals surface area contributed by atoms with Crippen LogP contribution < -0.4 is 14.8 Å². The van der Waals surface area contributed by atoms with Crippen molar-refractivity contribution in [3.05, 3.63) is 57.3 Å². The SMILES string of the molecule is CCOc1cc(CNC2CCCCC2)c(Cl)cc1OCc1ccc(F)cc1Cl. The zero-order chi connectivity index (χ0) is 19.9. The Morgan fingerprint density at radius 1 is 0.964 bits per heavy atom. The third-order valence-corrected chi connectivity index (χ3v) is 5.70. The predicted molar refractivity (Wildman–Crippen MR) is 112 cm³/mol. The standard InChI is InChI=1S/C22H26Cl2FNO2/c1-2-27-21-10-16(13-26-18-6-4-3-5-7-18)20(24)12-22(21)28-14-15-8-9-17(25)11-19(15)23/h8-12,18,26H,2-7,13-14H2,1H3. The van der Waals surface area contributed by atoms with E-state index < -0.39 is 0 Å². The van der Waals surface area contributed by atoms with Crippen LogP contribution in [-0.2, 0) is 13.2 Å². The van der Waals surface area contributed by atoms with Crippen molar-refractivity contribution in [2.24, 2.45) is 0 Å². The average Bonchev–Trinajstić information content (AvgIpc) is 2.69. The molecule has 3 nitrogen and oxygen atoms in total. The van der Waals surface area contributed by atoms with E-state index in [0.29, 0.717) is 46.3 Å². The molecule has 2 aromatic rings. The summed E-state index contributed by atoms with van der Waals surface area (Å²) in [5.74, 6) is 0.820. The molecule has 2 aromatic carbocycles. The van der Waals surface area contributed by atoms with Crippen LogP contribution in [0.5, 0.6) is 11.5 Å². The third-order valence-electron chi connectivity index (χ3n) is 5.00. The van der Waals surface area contributed by atoms with Gasteiger partial charge in [-0.1, -0.05) is 48.5 Å². The fraction of sp³-hybridized carbons (Fsp3) is 0.455. The van der Waals surface area contributed by atoms with Gasteiger partial charge in [-0.2, -0.15) is 0 Å². The van der Waals surface area contributed by atoms with Gasteiger partial charge in [0.25, 0.3) is 0 Å². The molecule has 3 rings (SSSR count). The molecule has 28 heavy (non-hydrogen) atoms. The second-order valence-electron chi connectivity index (χ2n) is 7.06. The van der Waals surface area contributed by atoms with Crippen LogP contribution in [0.1, 0.15) is 50.2 Å². The summed E-state index contributed by atoms with van der Waals surface area (Å²) in [6.07, 6.45) is 6.34. The highest BCUT2D eigenvalue weighted by Crippen LogP contribution is 2.35. The largest absolute Gasteiger partial charge is 0.490 e. The summed E-state index contributed by atoms with van der Waals surface area (Å²) in [4.78, 5) is 0. The third kappa shape index (κ3) is 5.76. The van der Waals surface area contributed by atoms with Crippen molar-refractivity contribution in [3.8, 4) is 11.5 Å². The summed E-state index contributed by atoms with van der Waals surface area (Å²) in [6, 6.07) is 8.52. The van der Waals surface area contributed by atoms with E-state index in [4.69, 9.17) is 32.7 Å². The molecule has 0 radical (unpaired) electrons. The summed E-state index contributed by atoms with van der Waals surface area (Å²) in [5.41, 5.74) is 1.69. The van der Waals surface area contributed by atoms with Crippen molar-refractivity contribution >= 4 is 23.2 Å². The maximum atomic E-state index is 13.2. The Bertz CT molecular complexity index is 794. The Morgan fingerprint density at radius 2 is 1.68 bits per heavy atom. The Kier molecular flexibility index (Phi) is 7.83. The number of hydrogen-bond acceptors (Lipinski definition) is 3. The first-order chi connectivity index (χ1) is 13.6. The molecule has 0 amide bonds. The first-order valence-corrected chi connectivity index (χ1v) is 10.6. The van der Waals surface area contributed by atoms with Crippen LogP contribution in [0.3, 0.4) is 0 Å². The van der Waals surface area contributed by atoms with Gasteiger partial charge in [0.15, 0.2) is 11.5 Å². The molecule has 1 fully saturated rings. The Balaban J connectivity index is 1.70. The molecule has 1 N–H and O–H groups in total. The molecule has 0 atom stereocenters. The van der Waals surface area contributed by atoms with E-state index in [1.807, 2.05) is 13.0 Å². The van der Waals surface area contributed by atoms with E-state index in [0.717, 1.165) is 5.56 Å². The maximum Gasteiger partial charge on any atom is 0.163 e. The number of nitrogens with one attached hydrogen (secondary N) is 1. The minimum Gasteiger partial charge on any atom is -0.490 e. The van der Waals surface area contributed by atoms with Crippen molar-refractivity contribution < 1.29 is 13.9 Å². The van der Waals surface area contributed by atoms with Gasteiger partial charge in [0.2, 0.25) is 0 Å². The van der Waals surface area contributed by atoms with Crippen LogP contribution in [0.25, 0.3) is 0 Å². The van der Waals surface area contributed by atoms with E-state index in [-0.39, 0.29) is 12.4 Å². The summed E-state index contributed by atoms with van der Waals surface area (Å²) < 4.78 is 24.9. The molecule has 0 aromatic heterocycles. The molecular formula is C22H26Cl2FNO2. The van der Waals surface area contributed by atoms with Crippen LogP contribution in [-0.4, -0.2) is 12.6 Å². The fourth-order valence-corrected chi connectivity index (χ4v) is 3.89. The number of hydrogen-bond donors (Lipinski definition) is 1. The van der Waals surface area contributed by atoms with Crippen molar-refractivity contribution in [2.75, 3.05) is 6.61 Å². The molecular weight excluding hydrogens is 400 g/mol. The predicted octanol–water partition coefficient (Wildman–Crippen LogP) is 6.53. The molecule has 1 saturated carbocycles. The summed E-state index contributed by atoms with van der Waals surface area (Å²) in [6.45, 7) is 3.35. The number of ether oxygens (including phenoxy) is 2. The lowest BCUT2D eigenvalue weighted by Crippen LogP contribution is -2.30. The Hall–Kier alpha value is -1.49. The lowest BCUT2D eigenvalue weighted by atomic mass is 9.95. The zero-order valence-corrected chi connectivity index (χ0v) is 17.6. The van der Waals surface area contributed by atoms with Crippen molar-refractivity contribution in [3.63, 3.8) is 0 Å². The monoisotopic (exact) mass is 425 g/mol. The van der Waals surface area contributed by atoms with Gasteiger partial charge in [0, 0.05) is 29.2 Å². The van der Waals surface area contributed by atoms with Crippen LogP contribution in [0.15, 0.2) is 30.3 Å². The minimum atomic E-state index is -0.374. The van der Waals surface area contributed by atoms with Crippen LogP contribution >= 0.6 is 23.2 Å². The van der Waals surface area contributed by atoms with Crippen molar-refractivity contribution in [1.29, 1.82) is 0 Å². The van der Waals surface area contributed by atoms with E-state index in [1.54, 1.807) is 12.1 Å². The van der Waals surface area contributed by atoms with Gasteiger partial charge in [-0.25, -0.2) is 4.39 Å². The van der Waals surface area contributed by atoms with Crippen molar-refractivity contribution in [2.45, 2.75) is 58.2 Å². The van der Waals surface area contributed by atoms with E-state index in [2.05, 4.69) is 5.32 Å². The summed E-state index contributed by atoms with van der Waals surface area (Å²) >= 11 is 12.6. The van der Waals surface area contributed by atoms with Crippen LogP contribution in [0.4, 0.5) is 4.39 Å². The maximum absolute atomic E-state index is 13.2. The van der Waals surface area contributed by atoms with Gasteiger partial charge in [-0.05, 0) is 43.5 Å². The smallest absolute Gasteiger partial charge is 0.163 e. The Morgan fingerprint density at radius 3 is 2.39 bits per heavy atom. The highest BCUT2D eigenvalue weighted by Gasteiger charge is 2.16. The van der Waals surface area contributed by atoms with Crippen LogP contribution in [0, 0.1) is 5.82 Å². The molecule has 6 heteroatoms. The topological polar surface area (TPSA) is 30.5 Å². The van der Waals surface area contributed by atoms with Gasteiger partial charge in [-0.15, -0.1) is 0 Å². The lowest BCUT2D eigenvalue weighted by Gasteiger charge is -2.23. The second-order valence-corrected chi connectivity index (χ2v) is 7.88. The molecule has 1 aliphatic rings. The van der Waals surface area contributed by atoms with Gasteiger partial charge < -0.3 is 14.8 Å². The van der Waals surface area contributed by atoms with E-state index >= 15 is 0 Å². The molecule has 0 heterocycles. The first-order valence-electron chi connectivity index (χ1n) is 9.82. The molecule has 0 bridgehead atoms. The zero-order valence-electron chi connectivity index (χ0n) is 16.1. The van der Waals surface area contributed by atoms with Gasteiger partial charge in [0.05, 0.1) is 11.6 Å². The average molecular weight is 426 g/mol. The van der Waals surface area contributed by atoms with Gasteiger partial charge >= 0.3 is 0 Å². The summed E-state index contributed by atoms with van der Waals surface area (Å²) in [5, 5.41) is 4.57. The number of rotatable bonds is 8. The molecule has 0 saturated heterocycles. The lowest BCUT2D eigenvalue weighted by molar-refractivity contribution is 0.269.